The second-order valence-electron chi connectivity index (χ2n) is 20.0. The van der Waals surface area contributed by atoms with E-state index in [1.807, 2.05) is 0 Å². The van der Waals surface area contributed by atoms with Crippen LogP contribution in [-0.2, 0) is 12.8 Å². The molecule has 2 saturated carbocycles. The first-order valence-electron chi connectivity index (χ1n) is 21.2. The third-order valence-corrected chi connectivity index (χ3v) is 21.5. The van der Waals surface area contributed by atoms with Gasteiger partial charge in [0.15, 0.2) is 0 Å². The highest BCUT2D eigenvalue weighted by Crippen LogP contribution is 2.55. The van der Waals surface area contributed by atoms with Gasteiger partial charge in [-0.3, -0.25) is 0 Å². The number of rotatable bonds is 10. The fourth-order valence-corrected chi connectivity index (χ4v) is 17.5. The van der Waals surface area contributed by atoms with Gasteiger partial charge in [-0.05, 0) is 92.4 Å². The van der Waals surface area contributed by atoms with Crippen LogP contribution in [0.25, 0.3) is 32.6 Å². The van der Waals surface area contributed by atoms with Crippen LogP contribution in [0.5, 0.6) is 0 Å². The minimum Gasteiger partial charge on any atom is -0.0656 e. The highest BCUT2D eigenvalue weighted by atomic mass is 28.3. The average Bonchev–Trinajstić information content (AvgIpc) is 3.94. The van der Waals surface area contributed by atoms with Gasteiger partial charge in [0.05, 0.1) is 16.1 Å². The maximum Gasteiger partial charge on any atom is 0.113 e. The summed E-state index contributed by atoms with van der Waals surface area (Å²) in [7, 11) is -5.01. The standard InChI is InChI=1S/C50H64Si3/c1-51(2,3)43-27-23-37(24-28-43)45-21-13-19-39-33-41(31-35-15-9-10-16-35)49(47(39)45)53(7,8)50-42(32-36-17-11-12-18-36)34-40-20-14-22-46(48(40)50)38-25-29-44(30-26-38)52(4,5)6/h13-14,19-30,35-36H,9-12,15-18,31-34H2,1-8H3. The van der Waals surface area contributed by atoms with Crippen molar-refractivity contribution in [3.8, 4) is 22.3 Å². The minimum atomic E-state index is -2.25. The highest BCUT2D eigenvalue weighted by Gasteiger charge is 2.44. The molecule has 4 aliphatic rings. The van der Waals surface area contributed by atoms with Crippen molar-refractivity contribution in [2.45, 2.75) is 129 Å². The molecule has 0 amide bonds. The van der Waals surface area contributed by atoms with Gasteiger partial charge in [-0.2, -0.15) is 0 Å². The van der Waals surface area contributed by atoms with Crippen LogP contribution >= 0.6 is 0 Å². The van der Waals surface area contributed by atoms with Crippen LogP contribution in [-0.4, -0.2) is 24.2 Å². The van der Waals surface area contributed by atoms with Gasteiger partial charge in [0.1, 0.15) is 8.07 Å². The molecule has 4 aromatic rings. The largest absolute Gasteiger partial charge is 0.113 e. The normalized spacial score (nSPS) is 18.4. The third-order valence-electron chi connectivity index (χ3n) is 13.7. The molecule has 276 valence electrons. The van der Waals surface area contributed by atoms with Crippen molar-refractivity contribution in [1.82, 2.24) is 0 Å². The lowest BCUT2D eigenvalue weighted by molar-refractivity contribution is 0.541. The SMILES string of the molecule is C[Si](C)(C1=C(CC2CCCC2)Cc2cccc(-c3ccc([Si](C)(C)C)cc3)c21)C1=C(CC2CCCC2)Cc2cccc(-c3ccc([Si](C)(C)C)cc3)c21. The maximum atomic E-state index is 2.78. The van der Waals surface area contributed by atoms with Crippen LogP contribution in [0.4, 0.5) is 0 Å². The van der Waals surface area contributed by atoms with E-state index in [0.29, 0.717) is 0 Å². The molecule has 4 aliphatic carbocycles. The van der Waals surface area contributed by atoms with E-state index in [2.05, 4.69) is 137 Å². The molecule has 0 heterocycles. The van der Waals surface area contributed by atoms with Crippen molar-refractivity contribution in [3.63, 3.8) is 0 Å². The van der Waals surface area contributed by atoms with Crippen molar-refractivity contribution in [1.29, 1.82) is 0 Å². The summed E-state index contributed by atoms with van der Waals surface area (Å²) in [4.78, 5) is 0. The molecule has 0 nitrogen and oxygen atoms in total. The fraction of sp³-hybridized carbons (Fsp3) is 0.440. The zero-order valence-electron chi connectivity index (χ0n) is 34.2. The maximum absolute atomic E-state index is 2.78. The summed E-state index contributed by atoms with van der Waals surface area (Å²) in [6, 6.07) is 34.3. The van der Waals surface area contributed by atoms with Crippen LogP contribution in [0.2, 0.25) is 52.4 Å². The molecule has 0 unspecified atom stereocenters. The van der Waals surface area contributed by atoms with Gasteiger partial charge in [-0.15, -0.1) is 0 Å². The van der Waals surface area contributed by atoms with E-state index in [1.165, 1.54) is 86.5 Å². The van der Waals surface area contributed by atoms with E-state index in [0.717, 1.165) is 24.7 Å². The number of benzene rings is 4. The van der Waals surface area contributed by atoms with E-state index in [1.54, 1.807) is 54.2 Å². The van der Waals surface area contributed by atoms with Crippen molar-refractivity contribution >= 4 is 45.0 Å². The van der Waals surface area contributed by atoms with Crippen LogP contribution in [0.1, 0.15) is 86.5 Å². The van der Waals surface area contributed by atoms with Gasteiger partial charge in [-0.25, -0.2) is 0 Å². The first-order valence-corrected chi connectivity index (χ1v) is 31.2. The fourth-order valence-electron chi connectivity index (χ4n) is 11.0. The lowest BCUT2D eigenvalue weighted by Crippen LogP contribution is -2.37. The summed E-state index contributed by atoms with van der Waals surface area (Å²) >= 11 is 0. The Hall–Kier alpha value is -2.99. The molecule has 53 heavy (non-hydrogen) atoms. The number of hydrogen-bond donors (Lipinski definition) is 0. The summed E-state index contributed by atoms with van der Waals surface area (Å²) in [5, 5.41) is 6.71. The molecule has 0 saturated heterocycles. The molecule has 0 aliphatic heterocycles. The molecule has 4 aromatic carbocycles. The number of allylic oxidation sites excluding steroid dienone is 2. The Morgan fingerprint density at radius 1 is 0.453 bits per heavy atom. The van der Waals surface area contributed by atoms with E-state index in [9.17, 15) is 0 Å². The predicted octanol–water partition coefficient (Wildman–Crippen LogP) is 13.4. The average molecular weight is 749 g/mol. The Morgan fingerprint density at radius 3 is 1.15 bits per heavy atom. The van der Waals surface area contributed by atoms with Crippen molar-refractivity contribution in [3.05, 3.63) is 118 Å². The van der Waals surface area contributed by atoms with Crippen LogP contribution in [0.15, 0.2) is 96.1 Å². The van der Waals surface area contributed by atoms with Gasteiger partial charge >= 0.3 is 0 Å². The molecule has 0 atom stereocenters. The van der Waals surface area contributed by atoms with Gasteiger partial charge in [0.25, 0.3) is 0 Å². The Bertz CT molecular complexity index is 1900. The van der Waals surface area contributed by atoms with E-state index >= 15 is 0 Å². The third kappa shape index (κ3) is 7.16. The zero-order valence-corrected chi connectivity index (χ0v) is 37.2. The monoisotopic (exact) mass is 748 g/mol. The molecular formula is C50H64Si3. The summed E-state index contributed by atoms with van der Waals surface area (Å²) < 4.78 is 0. The number of hydrogen-bond acceptors (Lipinski definition) is 0. The molecule has 3 heteroatoms. The summed E-state index contributed by atoms with van der Waals surface area (Å²) in [5.74, 6) is 1.70. The predicted molar refractivity (Wildman–Crippen MR) is 242 cm³/mol. The lowest BCUT2D eigenvalue weighted by Gasteiger charge is -2.33. The zero-order chi connectivity index (χ0) is 37.1. The topological polar surface area (TPSA) is 0 Å². The van der Waals surface area contributed by atoms with E-state index in [-0.39, 0.29) is 0 Å². The Kier molecular flexibility index (Phi) is 9.94. The van der Waals surface area contributed by atoms with E-state index in [4.69, 9.17) is 0 Å². The summed E-state index contributed by atoms with van der Waals surface area (Å²) in [6.07, 6.45) is 16.2. The van der Waals surface area contributed by atoms with Gasteiger partial charge < -0.3 is 0 Å². The highest BCUT2D eigenvalue weighted by molar-refractivity contribution is 7.09. The molecule has 0 bridgehead atoms. The quantitative estimate of drug-likeness (QED) is 0.142. The first-order chi connectivity index (χ1) is 25.3. The smallest absolute Gasteiger partial charge is 0.0656 e. The first kappa shape index (κ1) is 37.0. The molecule has 0 aromatic heterocycles. The molecule has 0 N–H and O–H groups in total. The van der Waals surface area contributed by atoms with Gasteiger partial charge in [-0.1, -0.05) is 210 Å². The molecule has 0 radical (unpaired) electrons. The molecular weight excluding hydrogens is 685 g/mol. The second kappa shape index (κ2) is 14.3. The molecule has 8 rings (SSSR count). The lowest BCUT2D eigenvalue weighted by atomic mass is 9.96. The summed E-state index contributed by atoms with van der Waals surface area (Å²) in [6.45, 7) is 20.4. The van der Waals surface area contributed by atoms with Crippen molar-refractivity contribution < 1.29 is 0 Å². The Morgan fingerprint density at radius 2 is 0.811 bits per heavy atom. The Balaban J connectivity index is 1.32. The second-order valence-corrected chi connectivity index (χ2v) is 34.4. The van der Waals surface area contributed by atoms with Crippen molar-refractivity contribution in [2.75, 3.05) is 0 Å². The number of fused-ring (bicyclic) bond motifs is 2. The molecule has 0 spiro atoms. The van der Waals surface area contributed by atoms with Gasteiger partial charge in [0, 0.05) is 0 Å². The summed E-state index contributed by atoms with van der Waals surface area (Å²) in [5.41, 5.74) is 15.8. The van der Waals surface area contributed by atoms with Crippen LogP contribution in [0, 0.1) is 11.8 Å². The van der Waals surface area contributed by atoms with Gasteiger partial charge in [0.2, 0.25) is 0 Å². The molecule has 2 fully saturated rings. The van der Waals surface area contributed by atoms with E-state index < -0.39 is 24.2 Å². The van der Waals surface area contributed by atoms with Crippen LogP contribution in [0.3, 0.4) is 0 Å². The van der Waals surface area contributed by atoms with Crippen molar-refractivity contribution in [2.24, 2.45) is 11.8 Å². The minimum absolute atomic E-state index is 0.849. The van der Waals surface area contributed by atoms with Crippen LogP contribution < -0.4 is 10.4 Å². The Labute approximate surface area is 325 Å².